The summed E-state index contributed by atoms with van der Waals surface area (Å²) in [5.74, 6) is -0.104. The number of rotatable bonds is 4. The molecule has 0 radical (unpaired) electrons. The summed E-state index contributed by atoms with van der Waals surface area (Å²) in [7, 11) is 0. The Morgan fingerprint density at radius 2 is 2.30 bits per heavy atom. The van der Waals surface area contributed by atoms with Crippen LogP contribution in [0.2, 0.25) is 5.02 Å². The normalized spacial score (nSPS) is 10.3. The molecule has 0 unspecified atom stereocenters. The van der Waals surface area contributed by atoms with Gasteiger partial charge in [-0.3, -0.25) is 14.6 Å². The molecule has 0 atom stereocenters. The van der Waals surface area contributed by atoms with Crippen molar-refractivity contribution in [3.8, 4) is 0 Å². The van der Waals surface area contributed by atoms with Gasteiger partial charge >= 0.3 is 0 Å². The molecule has 8 heteroatoms. The van der Waals surface area contributed by atoms with E-state index in [0.717, 1.165) is 23.5 Å². The van der Waals surface area contributed by atoms with Gasteiger partial charge in [-0.15, -0.1) is 5.10 Å². The summed E-state index contributed by atoms with van der Waals surface area (Å²) in [6, 6.07) is 5.26. The highest BCUT2D eigenvalue weighted by Gasteiger charge is 2.07. The summed E-state index contributed by atoms with van der Waals surface area (Å²) in [6.45, 7) is 1.87. The van der Waals surface area contributed by atoms with Crippen molar-refractivity contribution in [3.63, 3.8) is 0 Å². The van der Waals surface area contributed by atoms with Gasteiger partial charge in [-0.25, -0.2) is 0 Å². The average molecular weight is 311 g/mol. The van der Waals surface area contributed by atoms with Gasteiger partial charge < -0.3 is 5.32 Å². The third-order valence-corrected chi connectivity index (χ3v) is 3.47. The first kappa shape index (κ1) is 14.5. The van der Waals surface area contributed by atoms with E-state index in [2.05, 4.69) is 20.5 Å². The summed E-state index contributed by atoms with van der Waals surface area (Å²) in [4.78, 5) is 25.3. The predicted octanol–water partition coefficient (Wildman–Crippen LogP) is 1.86. The number of halogens is 1. The van der Waals surface area contributed by atoms with E-state index < -0.39 is 0 Å². The first-order chi connectivity index (χ1) is 9.54. The number of aromatic amines is 1. The second-order valence-electron chi connectivity index (χ2n) is 3.94. The molecule has 0 spiro atoms. The third-order valence-electron chi connectivity index (χ3n) is 2.37. The number of thioether (sulfide) groups is 1. The summed E-state index contributed by atoms with van der Waals surface area (Å²) in [5, 5.41) is 10.8. The van der Waals surface area contributed by atoms with Crippen LogP contribution in [0.4, 0.5) is 5.69 Å². The maximum Gasteiger partial charge on any atom is 0.270 e. The Morgan fingerprint density at radius 1 is 1.50 bits per heavy atom. The SMILES string of the molecule is Cc1ccc(Cl)cc1NC(=O)CSc1nncc(=O)[nH]1. The number of nitrogens with one attached hydrogen (secondary N) is 2. The monoisotopic (exact) mass is 310 g/mol. The number of aryl methyl sites for hydroxylation is 1. The molecule has 1 amide bonds. The molecule has 1 aromatic heterocycles. The lowest BCUT2D eigenvalue weighted by Gasteiger charge is -2.08. The molecule has 0 saturated carbocycles. The molecule has 1 heterocycles. The van der Waals surface area contributed by atoms with Crippen LogP contribution < -0.4 is 10.9 Å². The smallest absolute Gasteiger partial charge is 0.270 e. The number of aromatic nitrogens is 3. The van der Waals surface area contributed by atoms with Crippen LogP contribution in [0, 0.1) is 6.92 Å². The van der Waals surface area contributed by atoms with Gasteiger partial charge in [0.15, 0.2) is 5.16 Å². The molecule has 0 aliphatic carbocycles. The number of carbonyl (C=O) groups is 1. The topological polar surface area (TPSA) is 87.7 Å². The zero-order chi connectivity index (χ0) is 14.5. The van der Waals surface area contributed by atoms with Crippen molar-refractivity contribution in [1.82, 2.24) is 15.2 Å². The summed E-state index contributed by atoms with van der Waals surface area (Å²) in [5.41, 5.74) is 1.23. The number of hydrogen-bond acceptors (Lipinski definition) is 5. The number of anilines is 1. The highest BCUT2D eigenvalue weighted by atomic mass is 35.5. The fourth-order valence-corrected chi connectivity index (χ4v) is 2.20. The summed E-state index contributed by atoms with van der Waals surface area (Å²) >= 11 is 6.97. The molecule has 0 saturated heterocycles. The standard InChI is InChI=1S/C12H11ClN4O2S/c1-7-2-3-8(13)4-9(7)15-11(19)6-20-12-16-10(18)5-14-17-12/h2-5H,6H2,1H3,(H,15,19)(H,16,17,18). The van der Waals surface area contributed by atoms with Crippen LogP contribution in [0.3, 0.4) is 0 Å². The Kier molecular flexibility index (Phi) is 4.75. The minimum Gasteiger partial charge on any atom is -0.325 e. The van der Waals surface area contributed by atoms with Crippen LogP contribution in [0.25, 0.3) is 0 Å². The van der Waals surface area contributed by atoms with Crippen LogP contribution >= 0.6 is 23.4 Å². The molecular formula is C12H11ClN4O2S. The van der Waals surface area contributed by atoms with Gasteiger partial charge in [0, 0.05) is 10.7 Å². The molecule has 2 N–H and O–H groups in total. The fourth-order valence-electron chi connectivity index (χ4n) is 1.41. The lowest BCUT2D eigenvalue weighted by Crippen LogP contribution is -2.16. The van der Waals surface area contributed by atoms with Crippen LogP contribution in [-0.2, 0) is 4.79 Å². The van der Waals surface area contributed by atoms with Crippen molar-refractivity contribution in [2.75, 3.05) is 11.1 Å². The minimum absolute atomic E-state index is 0.112. The van der Waals surface area contributed by atoms with Crippen molar-refractivity contribution >= 4 is 35.0 Å². The number of carbonyl (C=O) groups excluding carboxylic acids is 1. The fraction of sp³-hybridized carbons (Fsp3) is 0.167. The van der Waals surface area contributed by atoms with E-state index in [1.165, 1.54) is 0 Å². The average Bonchev–Trinajstić information content (AvgIpc) is 2.41. The Bertz CT molecular complexity index is 689. The lowest BCUT2D eigenvalue weighted by molar-refractivity contribution is -0.113. The number of benzene rings is 1. The molecule has 1 aromatic carbocycles. The van der Waals surface area contributed by atoms with Gasteiger partial charge in [0.05, 0.1) is 5.75 Å². The molecule has 104 valence electrons. The van der Waals surface area contributed by atoms with Crippen LogP contribution in [0.1, 0.15) is 5.56 Å². The van der Waals surface area contributed by atoms with Gasteiger partial charge in [-0.2, -0.15) is 5.10 Å². The number of hydrogen-bond donors (Lipinski definition) is 2. The summed E-state index contributed by atoms with van der Waals surface area (Å²) in [6.07, 6.45) is 1.07. The highest BCUT2D eigenvalue weighted by Crippen LogP contribution is 2.20. The first-order valence-electron chi connectivity index (χ1n) is 5.65. The Labute approximate surface area is 124 Å². The quantitative estimate of drug-likeness (QED) is 0.842. The number of H-pyrrole nitrogens is 1. The van der Waals surface area contributed by atoms with E-state index in [4.69, 9.17) is 11.6 Å². The minimum atomic E-state index is -0.353. The molecular weight excluding hydrogens is 300 g/mol. The molecule has 20 heavy (non-hydrogen) atoms. The van der Waals surface area contributed by atoms with Gasteiger partial charge in [-0.1, -0.05) is 29.4 Å². The Hall–Kier alpha value is -1.86. The molecule has 0 aliphatic rings. The molecule has 6 nitrogen and oxygen atoms in total. The van der Waals surface area contributed by atoms with Crippen LogP contribution in [0.15, 0.2) is 34.3 Å². The maximum absolute atomic E-state index is 11.8. The van der Waals surface area contributed by atoms with E-state index in [1.807, 2.05) is 13.0 Å². The molecule has 2 aromatic rings. The molecule has 0 aliphatic heterocycles. The predicted molar refractivity (Wildman–Crippen MR) is 78.2 cm³/mol. The van der Waals surface area contributed by atoms with Gasteiger partial charge in [-0.05, 0) is 24.6 Å². The second-order valence-corrected chi connectivity index (χ2v) is 5.34. The van der Waals surface area contributed by atoms with Crippen molar-refractivity contribution < 1.29 is 4.79 Å². The lowest BCUT2D eigenvalue weighted by atomic mass is 10.2. The molecule has 0 bridgehead atoms. The zero-order valence-corrected chi connectivity index (χ0v) is 12.1. The van der Waals surface area contributed by atoms with Crippen LogP contribution in [0.5, 0.6) is 0 Å². The largest absolute Gasteiger partial charge is 0.325 e. The number of amides is 1. The number of nitrogens with zero attached hydrogens (tertiary/aromatic N) is 2. The third kappa shape index (κ3) is 4.07. The van der Waals surface area contributed by atoms with E-state index in [-0.39, 0.29) is 17.2 Å². The summed E-state index contributed by atoms with van der Waals surface area (Å²) < 4.78 is 0. The van der Waals surface area contributed by atoms with E-state index >= 15 is 0 Å². The van der Waals surface area contributed by atoms with E-state index in [1.54, 1.807) is 12.1 Å². The maximum atomic E-state index is 11.8. The van der Waals surface area contributed by atoms with E-state index in [9.17, 15) is 9.59 Å². The van der Waals surface area contributed by atoms with Crippen molar-refractivity contribution in [1.29, 1.82) is 0 Å². The van der Waals surface area contributed by atoms with Gasteiger partial charge in [0.25, 0.3) is 5.56 Å². The Balaban J connectivity index is 1.96. The second kappa shape index (κ2) is 6.53. The van der Waals surface area contributed by atoms with Crippen molar-refractivity contribution in [2.24, 2.45) is 0 Å². The first-order valence-corrected chi connectivity index (χ1v) is 7.02. The van der Waals surface area contributed by atoms with Crippen LogP contribution in [-0.4, -0.2) is 26.8 Å². The van der Waals surface area contributed by atoms with Crippen molar-refractivity contribution in [3.05, 3.63) is 45.3 Å². The molecule has 2 rings (SSSR count). The highest BCUT2D eigenvalue weighted by molar-refractivity contribution is 7.99. The zero-order valence-electron chi connectivity index (χ0n) is 10.5. The Morgan fingerprint density at radius 3 is 3.05 bits per heavy atom. The van der Waals surface area contributed by atoms with Crippen molar-refractivity contribution in [2.45, 2.75) is 12.1 Å². The molecule has 0 fully saturated rings. The van der Waals surface area contributed by atoms with E-state index in [0.29, 0.717) is 15.9 Å². The van der Waals surface area contributed by atoms with Gasteiger partial charge in [0.1, 0.15) is 6.20 Å². The van der Waals surface area contributed by atoms with Gasteiger partial charge in [0.2, 0.25) is 5.91 Å².